The minimum absolute atomic E-state index is 0.0258. The molecule has 0 fully saturated rings. The molecular weight excluding hydrogens is 297 g/mol. The molecule has 0 spiro atoms. The van der Waals surface area contributed by atoms with E-state index in [1.165, 1.54) is 18.4 Å². The fourth-order valence-corrected chi connectivity index (χ4v) is 2.63. The maximum atomic E-state index is 12.8. The molecule has 0 aromatic heterocycles. The van der Waals surface area contributed by atoms with Gasteiger partial charge in [0.15, 0.2) is 0 Å². The van der Waals surface area contributed by atoms with Crippen molar-refractivity contribution in [1.82, 2.24) is 0 Å². The molecule has 90 valence electrons. The number of hydrogen-bond donors (Lipinski definition) is 1. The number of nitrogens with two attached hydrogens (primary N) is 1. The Hall–Kier alpha value is -0.460. The first-order chi connectivity index (χ1) is 7.29. The number of rotatable bonds is 4. The third-order valence-corrected chi connectivity index (χ3v) is 3.83. The van der Waals surface area contributed by atoms with E-state index >= 15 is 0 Å². The highest BCUT2D eigenvalue weighted by atomic mass is 79.9. The van der Waals surface area contributed by atoms with E-state index in [9.17, 15) is 12.8 Å². The Morgan fingerprint density at radius 1 is 1.50 bits per heavy atom. The molecular formula is C10H13BrFNO2S. The van der Waals surface area contributed by atoms with Crippen LogP contribution in [0.25, 0.3) is 0 Å². The molecule has 0 radical (unpaired) electrons. The zero-order valence-corrected chi connectivity index (χ0v) is 11.2. The molecule has 1 aromatic carbocycles. The molecule has 1 aromatic rings. The van der Waals surface area contributed by atoms with E-state index in [4.69, 9.17) is 5.73 Å². The first-order valence-electron chi connectivity index (χ1n) is 4.68. The zero-order chi connectivity index (χ0) is 12.3. The fraction of sp³-hybridized carbons (Fsp3) is 0.400. The summed E-state index contributed by atoms with van der Waals surface area (Å²) in [5, 5.41) is 0. The van der Waals surface area contributed by atoms with Crippen LogP contribution in [0.1, 0.15) is 18.0 Å². The topological polar surface area (TPSA) is 60.2 Å². The van der Waals surface area contributed by atoms with Crippen LogP contribution in [0.5, 0.6) is 0 Å². The van der Waals surface area contributed by atoms with Gasteiger partial charge in [-0.25, -0.2) is 12.8 Å². The van der Waals surface area contributed by atoms with E-state index in [1.807, 2.05) is 0 Å². The summed E-state index contributed by atoms with van der Waals surface area (Å²) in [5.74, 6) is -0.330. The summed E-state index contributed by atoms with van der Waals surface area (Å²) in [4.78, 5) is 0. The highest BCUT2D eigenvalue weighted by Gasteiger charge is 2.13. The van der Waals surface area contributed by atoms with Crippen molar-refractivity contribution < 1.29 is 12.8 Å². The summed E-state index contributed by atoms with van der Waals surface area (Å²) >= 11 is 3.20. The van der Waals surface area contributed by atoms with E-state index < -0.39 is 15.9 Å². The van der Waals surface area contributed by atoms with Gasteiger partial charge in [0.25, 0.3) is 0 Å². The van der Waals surface area contributed by atoms with Crippen molar-refractivity contribution in [1.29, 1.82) is 0 Å². The molecule has 6 heteroatoms. The molecule has 1 rings (SSSR count). The molecule has 0 bridgehead atoms. The number of sulfone groups is 1. The summed E-state index contributed by atoms with van der Waals surface area (Å²) in [6.45, 7) is 0. The van der Waals surface area contributed by atoms with E-state index in [0.717, 1.165) is 0 Å². The van der Waals surface area contributed by atoms with Gasteiger partial charge in [-0.15, -0.1) is 0 Å². The molecule has 0 saturated heterocycles. The maximum absolute atomic E-state index is 12.8. The van der Waals surface area contributed by atoms with E-state index in [-0.39, 0.29) is 11.6 Å². The number of halogens is 2. The first kappa shape index (κ1) is 13.6. The molecule has 0 heterocycles. The lowest BCUT2D eigenvalue weighted by Crippen LogP contribution is -2.16. The van der Waals surface area contributed by atoms with Gasteiger partial charge in [-0.05, 0) is 24.1 Å². The Bertz CT molecular complexity index is 476. The van der Waals surface area contributed by atoms with Gasteiger partial charge in [-0.2, -0.15) is 0 Å². The maximum Gasteiger partial charge on any atom is 0.147 e. The summed E-state index contributed by atoms with van der Waals surface area (Å²) in [5.41, 5.74) is 6.55. The molecule has 3 nitrogen and oxygen atoms in total. The largest absolute Gasteiger partial charge is 0.324 e. The quantitative estimate of drug-likeness (QED) is 0.925. The van der Waals surface area contributed by atoms with Crippen LogP contribution in [0.4, 0.5) is 4.39 Å². The van der Waals surface area contributed by atoms with Crippen molar-refractivity contribution in [3.05, 3.63) is 34.1 Å². The Morgan fingerprint density at radius 2 is 2.12 bits per heavy atom. The van der Waals surface area contributed by atoms with Crippen LogP contribution in [0.3, 0.4) is 0 Å². The lowest BCUT2D eigenvalue weighted by atomic mass is 10.1. The monoisotopic (exact) mass is 309 g/mol. The zero-order valence-electron chi connectivity index (χ0n) is 8.78. The van der Waals surface area contributed by atoms with Crippen LogP contribution >= 0.6 is 15.9 Å². The standard InChI is InChI=1S/C10H13BrFNO2S/c1-16(14,15)5-4-10(13)8-3-2-7(12)6-9(8)11/h2-3,6,10H,4-5,13H2,1H3. The van der Waals surface area contributed by atoms with Crippen LogP contribution in [-0.2, 0) is 9.84 Å². The second kappa shape index (κ2) is 5.25. The summed E-state index contributed by atoms with van der Waals surface area (Å²) < 4.78 is 35.3. The highest BCUT2D eigenvalue weighted by molar-refractivity contribution is 9.10. The number of benzene rings is 1. The minimum Gasteiger partial charge on any atom is -0.324 e. The van der Waals surface area contributed by atoms with Gasteiger partial charge in [-0.3, -0.25) is 0 Å². The van der Waals surface area contributed by atoms with Crippen molar-refractivity contribution in [2.75, 3.05) is 12.0 Å². The minimum atomic E-state index is -3.02. The molecule has 0 aliphatic rings. The van der Waals surface area contributed by atoms with Crippen molar-refractivity contribution in [2.45, 2.75) is 12.5 Å². The van der Waals surface area contributed by atoms with Gasteiger partial charge in [0.05, 0.1) is 5.75 Å². The Morgan fingerprint density at radius 3 is 2.62 bits per heavy atom. The van der Waals surface area contributed by atoms with Gasteiger partial charge in [0, 0.05) is 16.8 Å². The third kappa shape index (κ3) is 4.19. The first-order valence-corrected chi connectivity index (χ1v) is 7.53. The molecule has 2 N–H and O–H groups in total. The van der Waals surface area contributed by atoms with Crippen molar-refractivity contribution >= 4 is 25.8 Å². The van der Waals surface area contributed by atoms with E-state index in [2.05, 4.69) is 15.9 Å². The normalized spacial score (nSPS) is 13.8. The van der Waals surface area contributed by atoms with Crippen LogP contribution in [0.15, 0.2) is 22.7 Å². The van der Waals surface area contributed by atoms with Crippen molar-refractivity contribution in [3.8, 4) is 0 Å². The van der Waals surface area contributed by atoms with Crippen molar-refractivity contribution in [2.24, 2.45) is 5.73 Å². The highest BCUT2D eigenvalue weighted by Crippen LogP contribution is 2.25. The lowest BCUT2D eigenvalue weighted by molar-refractivity contribution is 0.590. The Kier molecular flexibility index (Phi) is 4.46. The van der Waals surface area contributed by atoms with E-state index in [1.54, 1.807) is 6.07 Å². The second-order valence-electron chi connectivity index (χ2n) is 3.69. The molecule has 0 aliphatic carbocycles. The Balaban J connectivity index is 2.77. The van der Waals surface area contributed by atoms with Gasteiger partial charge in [0.2, 0.25) is 0 Å². The molecule has 0 aliphatic heterocycles. The average Bonchev–Trinajstić information content (AvgIpc) is 2.13. The SMILES string of the molecule is CS(=O)(=O)CCC(N)c1ccc(F)cc1Br. The van der Waals surface area contributed by atoms with Gasteiger partial charge in [-0.1, -0.05) is 22.0 Å². The average molecular weight is 310 g/mol. The van der Waals surface area contributed by atoms with Crippen LogP contribution in [-0.4, -0.2) is 20.4 Å². The van der Waals surface area contributed by atoms with Gasteiger partial charge < -0.3 is 5.73 Å². The lowest BCUT2D eigenvalue weighted by Gasteiger charge is -2.13. The molecule has 0 saturated carbocycles. The fourth-order valence-electron chi connectivity index (χ4n) is 1.30. The van der Waals surface area contributed by atoms with Crippen LogP contribution in [0, 0.1) is 5.82 Å². The summed E-state index contributed by atoms with van der Waals surface area (Å²) in [6, 6.07) is 3.77. The summed E-state index contributed by atoms with van der Waals surface area (Å²) in [6.07, 6.45) is 1.49. The van der Waals surface area contributed by atoms with Gasteiger partial charge in [0.1, 0.15) is 15.7 Å². The van der Waals surface area contributed by atoms with E-state index in [0.29, 0.717) is 16.5 Å². The molecule has 1 unspecified atom stereocenters. The Labute approximate surface area is 103 Å². The smallest absolute Gasteiger partial charge is 0.147 e. The van der Waals surface area contributed by atoms with Crippen molar-refractivity contribution in [3.63, 3.8) is 0 Å². The van der Waals surface area contributed by atoms with Crippen LogP contribution in [0.2, 0.25) is 0 Å². The predicted octanol–water partition coefficient (Wildman–Crippen LogP) is 2.02. The predicted molar refractivity (Wildman–Crippen MR) is 65.4 cm³/mol. The molecule has 1 atom stereocenters. The van der Waals surface area contributed by atoms with Gasteiger partial charge >= 0.3 is 0 Å². The molecule has 0 amide bonds. The summed E-state index contributed by atoms with van der Waals surface area (Å²) in [7, 11) is -3.02. The number of hydrogen-bond acceptors (Lipinski definition) is 3. The van der Waals surface area contributed by atoms with Crippen LogP contribution < -0.4 is 5.73 Å². The third-order valence-electron chi connectivity index (χ3n) is 2.16. The molecule has 16 heavy (non-hydrogen) atoms. The second-order valence-corrected chi connectivity index (χ2v) is 6.80.